The lowest BCUT2D eigenvalue weighted by atomic mass is 9.99. The zero-order valence-electron chi connectivity index (χ0n) is 16.1. The maximum Gasteiger partial charge on any atom is 0.524 e. The Kier molecular flexibility index (Phi) is 6.94. The van der Waals surface area contributed by atoms with Gasteiger partial charge >= 0.3 is 7.82 Å². The SMILES string of the molecule is COc1ccc(CC(F)(F)c2cc(OC)c(OC)c(OC)c2)cc1OP(=O)(O)O. The Bertz CT molecular complexity index is 888. The molecule has 0 atom stereocenters. The Hall–Kier alpha value is -2.55. The second-order valence-corrected chi connectivity index (χ2v) is 7.03. The van der Waals surface area contributed by atoms with Crippen molar-refractivity contribution in [2.45, 2.75) is 12.3 Å². The number of rotatable bonds is 9. The predicted octanol–water partition coefficient (Wildman–Crippen LogP) is 3.53. The van der Waals surface area contributed by atoms with Gasteiger partial charge in [0.2, 0.25) is 5.75 Å². The second kappa shape index (κ2) is 8.86. The third kappa shape index (κ3) is 5.50. The molecule has 0 fully saturated rings. The van der Waals surface area contributed by atoms with Gasteiger partial charge in [0.1, 0.15) is 0 Å². The minimum Gasteiger partial charge on any atom is -0.493 e. The van der Waals surface area contributed by atoms with Gasteiger partial charge in [0, 0.05) is 12.0 Å². The van der Waals surface area contributed by atoms with Crippen LogP contribution in [0.1, 0.15) is 11.1 Å². The summed E-state index contributed by atoms with van der Waals surface area (Å²) in [6.07, 6.45) is -0.785. The summed E-state index contributed by atoms with van der Waals surface area (Å²) in [5.41, 5.74) is -0.326. The molecule has 0 aliphatic rings. The van der Waals surface area contributed by atoms with Gasteiger partial charge in [-0.15, -0.1) is 0 Å². The number of phosphoric ester groups is 1. The molecule has 0 unspecified atom stereocenters. The van der Waals surface area contributed by atoms with E-state index >= 15 is 0 Å². The molecule has 2 aromatic carbocycles. The molecule has 0 amide bonds. The van der Waals surface area contributed by atoms with E-state index in [1.54, 1.807) is 0 Å². The molecule has 2 rings (SSSR count). The number of hydrogen-bond acceptors (Lipinski definition) is 6. The van der Waals surface area contributed by atoms with Crippen molar-refractivity contribution in [2.75, 3.05) is 28.4 Å². The average molecular weight is 434 g/mol. The number of halogens is 2. The van der Waals surface area contributed by atoms with Crippen molar-refractivity contribution < 1.29 is 46.6 Å². The molecule has 0 spiro atoms. The normalized spacial score (nSPS) is 11.7. The van der Waals surface area contributed by atoms with Crippen LogP contribution >= 0.6 is 7.82 Å². The van der Waals surface area contributed by atoms with Gasteiger partial charge in [0.25, 0.3) is 5.92 Å². The number of benzene rings is 2. The van der Waals surface area contributed by atoms with Crippen LogP contribution in [0.4, 0.5) is 8.78 Å². The largest absolute Gasteiger partial charge is 0.524 e. The Balaban J connectivity index is 2.43. The van der Waals surface area contributed by atoms with Gasteiger partial charge in [0.05, 0.1) is 28.4 Å². The molecule has 2 aromatic rings. The van der Waals surface area contributed by atoms with Gasteiger partial charge in [-0.2, -0.15) is 0 Å². The van der Waals surface area contributed by atoms with Crippen LogP contribution in [0, 0.1) is 0 Å². The lowest BCUT2D eigenvalue weighted by Gasteiger charge is -2.21. The summed E-state index contributed by atoms with van der Waals surface area (Å²) in [6.45, 7) is 0. The molecule has 0 saturated carbocycles. The quantitative estimate of drug-likeness (QED) is 0.578. The molecule has 0 aliphatic carbocycles. The standard InChI is InChI=1S/C18H21F2O8P/c1-24-13-6-5-11(7-14(13)28-29(21,22)23)10-18(19,20)12-8-15(25-2)17(27-4)16(9-12)26-3/h5-9H,10H2,1-4H3,(H2,21,22,23). The lowest BCUT2D eigenvalue weighted by molar-refractivity contribution is -0.00429. The smallest absolute Gasteiger partial charge is 0.493 e. The summed E-state index contributed by atoms with van der Waals surface area (Å²) in [7, 11) is 0.341. The maximum absolute atomic E-state index is 15.0. The topological polar surface area (TPSA) is 104 Å². The van der Waals surface area contributed by atoms with Gasteiger partial charge in [-0.3, -0.25) is 9.79 Å². The zero-order chi connectivity index (χ0) is 21.8. The Morgan fingerprint density at radius 1 is 0.862 bits per heavy atom. The van der Waals surface area contributed by atoms with E-state index in [0.717, 1.165) is 18.2 Å². The molecule has 11 heteroatoms. The van der Waals surface area contributed by atoms with Crippen molar-refractivity contribution in [1.29, 1.82) is 0 Å². The van der Waals surface area contributed by atoms with Gasteiger partial charge in [-0.25, -0.2) is 13.3 Å². The highest BCUT2D eigenvalue weighted by molar-refractivity contribution is 7.46. The molecule has 0 heterocycles. The van der Waals surface area contributed by atoms with Crippen LogP contribution in [-0.2, 0) is 16.9 Å². The minimum absolute atomic E-state index is 0.00632. The molecular formula is C18H21F2O8P. The molecule has 8 nitrogen and oxygen atoms in total. The summed E-state index contributed by atoms with van der Waals surface area (Å²) in [6, 6.07) is 5.99. The van der Waals surface area contributed by atoms with Gasteiger partial charge in [-0.05, 0) is 29.8 Å². The van der Waals surface area contributed by atoms with Crippen molar-refractivity contribution >= 4 is 7.82 Å². The third-order valence-electron chi connectivity index (χ3n) is 3.96. The first kappa shape index (κ1) is 22.7. The molecule has 2 N–H and O–H groups in total. The van der Waals surface area contributed by atoms with Crippen molar-refractivity contribution in [3.8, 4) is 28.7 Å². The van der Waals surface area contributed by atoms with Gasteiger partial charge < -0.3 is 23.5 Å². The fourth-order valence-corrected chi connectivity index (χ4v) is 3.08. The molecule has 0 aliphatic heterocycles. The van der Waals surface area contributed by atoms with Gasteiger partial charge in [-0.1, -0.05) is 6.07 Å². The summed E-state index contributed by atoms with van der Waals surface area (Å²) >= 11 is 0. The fourth-order valence-electron chi connectivity index (χ4n) is 2.68. The summed E-state index contributed by atoms with van der Waals surface area (Å²) < 4.78 is 65.9. The first-order valence-corrected chi connectivity index (χ1v) is 9.68. The van der Waals surface area contributed by atoms with E-state index in [1.807, 2.05) is 0 Å². The van der Waals surface area contributed by atoms with Crippen LogP contribution in [0.2, 0.25) is 0 Å². The first-order valence-electron chi connectivity index (χ1n) is 8.15. The van der Waals surface area contributed by atoms with Crippen LogP contribution in [0.3, 0.4) is 0 Å². The van der Waals surface area contributed by atoms with Crippen molar-refractivity contribution in [3.05, 3.63) is 41.5 Å². The van der Waals surface area contributed by atoms with Crippen molar-refractivity contribution in [3.63, 3.8) is 0 Å². The van der Waals surface area contributed by atoms with Crippen LogP contribution in [0.15, 0.2) is 30.3 Å². The minimum atomic E-state index is -4.90. The van der Waals surface area contributed by atoms with Gasteiger partial charge in [0.15, 0.2) is 23.0 Å². The molecule has 29 heavy (non-hydrogen) atoms. The average Bonchev–Trinajstić information content (AvgIpc) is 2.65. The number of methoxy groups -OCH3 is 4. The number of phosphoric acid groups is 1. The van der Waals surface area contributed by atoms with Crippen LogP contribution < -0.4 is 23.5 Å². The third-order valence-corrected chi connectivity index (χ3v) is 4.39. The molecule has 160 valence electrons. The van der Waals surface area contributed by atoms with E-state index in [1.165, 1.54) is 40.6 Å². The van der Waals surface area contributed by atoms with Crippen LogP contribution in [0.5, 0.6) is 28.7 Å². The van der Waals surface area contributed by atoms with Crippen LogP contribution in [0.25, 0.3) is 0 Å². The number of hydrogen-bond donors (Lipinski definition) is 2. The molecule has 0 saturated heterocycles. The lowest BCUT2D eigenvalue weighted by Crippen LogP contribution is -2.17. The van der Waals surface area contributed by atoms with Crippen molar-refractivity contribution in [2.24, 2.45) is 0 Å². The molecule has 0 radical (unpaired) electrons. The van der Waals surface area contributed by atoms with E-state index in [2.05, 4.69) is 4.52 Å². The highest BCUT2D eigenvalue weighted by atomic mass is 31.2. The molecule has 0 bridgehead atoms. The summed E-state index contributed by atoms with van der Waals surface area (Å²) in [4.78, 5) is 18.0. The number of alkyl halides is 2. The van der Waals surface area contributed by atoms with E-state index < -0.39 is 20.2 Å². The first-order chi connectivity index (χ1) is 13.5. The summed E-state index contributed by atoms with van der Waals surface area (Å²) in [5, 5.41) is 0. The zero-order valence-corrected chi connectivity index (χ0v) is 17.0. The summed E-state index contributed by atoms with van der Waals surface area (Å²) in [5.74, 6) is -3.41. The predicted molar refractivity (Wildman–Crippen MR) is 99.4 cm³/mol. The van der Waals surface area contributed by atoms with E-state index in [4.69, 9.17) is 28.7 Å². The maximum atomic E-state index is 15.0. The highest BCUT2D eigenvalue weighted by Crippen LogP contribution is 2.45. The molecular weight excluding hydrogens is 413 g/mol. The molecule has 0 aromatic heterocycles. The fraction of sp³-hybridized carbons (Fsp3) is 0.333. The Labute approximate surface area is 166 Å². The van der Waals surface area contributed by atoms with E-state index in [9.17, 15) is 13.3 Å². The highest BCUT2D eigenvalue weighted by Gasteiger charge is 2.35. The number of ether oxygens (including phenoxy) is 4. The van der Waals surface area contributed by atoms with Crippen LogP contribution in [-0.4, -0.2) is 38.2 Å². The Morgan fingerprint density at radius 3 is 1.86 bits per heavy atom. The van der Waals surface area contributed by atoms with Crippen molar-refractivity contribution in [1.82, 2.24) is 0 Å². The van der Waals surface area contributed by atoms with E-state index in [0.29, 0.717) is 0 Å². The monoisotopic (exact) mass is 434 g/mol. The Morgan fingerprint density at radius 2 is 1.41 bits per heavy atom. The second-order valence-electron chi connectivity index (χ2n) is 5.86. The van der Waals surface area contributed by atoms with E-state index in [-0.39, 0.29) is 39.9 Å².